The lowest BCUT2D eigenvalue weighted by Gasteiger charge is -2.11. The van der Waals surface area contributed by atoms with Crippen LogP contribution in [0, 0.1) is 0 Å². The number of carbonyl (C=O) groups is 1. The third-order valence-corrected chi connectivity index (χ3v) is 4.09. The van der Waals surface area contributed by atoms with E-state index in [0.29, 0.717) is 12.2 Å². The smallest absolute Gasteiger partial charge is 0.240 e. The van der Waals surface area contributed by atoms with Crippen LogP contribution in [0.2, 0.25) is 0 Å². The minimum absolute atomic E-state index is 0.0939. The van der Waals surface area contributed by atoms with Gasteiger partial charge in [-0.15, -0.1) is 0 Å². The van der Waals surface area contributed by atoms with Gasteiger partial charge < -0.3 is 10.6 Å². The summed E-state index contributed by atoms with van der Waals surface area (Å²) in [5.74, 6) is -0.105. The molecule has 0 aromatic heterocycles. The van der Waals surface area contributed by atoms with Gasteiger partial charge in [0, 0.05) is 18.3 Å². The maximum Gasteiger partial charge on any atom is 0.240 e. The van der Waals surface area contributed by atoms with Gasteiger partial charge in [-0.1, -0.05) is 6.92 Å². The van der Waals surface area contributed by atoms with Crippen molar-refractivity contribution in [3.05, 3.63) is 24.3 Å². The Hall–Kier alpha value is -1.60. The van der Waals surface area contributed by atoms with E-state index in [9.17, 15) is 13.2 Å². The lowest BCUT2D eigenvalue weighted by molar-refractivity contribution is -0.119. The molecule has 1 rings (SSSR count). The molecule has 0 heterocycles. The van der Waals surface area contributed by atoms with Gasteiger partial charge in [-0.2, -0.15) is 0 Å². The molecule has 0 bridgehead atoms. The average molecular weight is 313 g/mol. The fraction of sp³-hybridized carbons (Fsp3) is 0.500. The molecule has 0 aliphatic carbocycles. The summed E-state index contributed by atoms with van der Waals surface area (Å²) in [6, 6.07) is 6.41. The van der Waals surface area contributed by atoms with Gasteiger partial charge in [0.25, 0.3) is 0 Å². The van der Waals surface area contributed by atoms with Crippen molar-refractivity contribution in [3.8, 4) is 0 Å². The van der Waals surface area contributed by atoms with Gasteiger partial charge in [-0.3, -0.25) is 4.79 Å². The van der Waals surface area contributed by atoms with Crippen LogP contribution in [0.5, 0.6) is 0 Å². The SMILES string of the molecule is CCCNS(=O)(=O)c1ccc(NCC(=O)NC(C)C)cc1. The van der Waals surface area contributed by atoms with Crippen molar-refractivity contribution in [1.29, 1.82) is 0 Å². The third-order valence-electron chi connectivity index (χ3n) is 2.61. The molecule has 0 unspecified atom stereocenters. The van der Waals surface area contributed by atoms with E-state index in [4.69, 9.17) is 0 Å². The van der Waals surface area contributed by atoms with Crippen LogP contribution < -0.4 is 15.4 Å². The summed E-state index contributed by atoms with van der Waals surface area (Å²) >= 11 is 0. The van der Waals surface area contributed by atoms with Crippen LogP contribution in [0.4, 0.5) is 5.69 Å². The average Bonchev–Trinajstić information content (AvgIpc) is 2.43. The lowest BCUT2D eigenvalue weighted by atomic mass is 10.3. The van der Waals surface area contributed by atoms with E-state index in [2.05, 4.69) is 15.4 Å². The van der Waals surface area contributed by atoms with Gasteiger partial charge in [0.2, 0.25) is 15.9 Å². The molecule has 7 heteroatoms. The summed E-state index contributed by atoms with van der Waals surface area (Å²) in [6.45, 7) is 6.25. The highest BCUT2D eigenvalue weighted by Crippen LogP contribution is 2.13. The van der Waals surface area contributed by atoms with E-state index in [-0.39, 0.29) is 23.4 Å². The predicted octanol–water partition coefficient (Wildman–Crippen LogP) is 1.31. The van der Waals surface area contributed by atoms with Crippen LogP contribution in [0.25, 0.3) is 0 Å². The summed E-state index contributed by atoms with van der Waals surface area (Å²) in [5, 5.41) is 5.71. The van der Waals surface area contributed by atoms with Crippen molar-refractivity contribution < 1.29 is 13.2 Å². The first-order valence-corrected chi connectivity index (χ1v) is 8.46. The van der Waals surface area contributed by atoms with Crippen LogP contribution in [0.1, 0.15) is 27.2 Å². The minimum Gasteiger partial charge on any atom is -0.376 e. The summed E-state index contributed by atoms with van der Waals surface area (Å²) in [7, 11) is -3.44. The molecule has 0 radical (unpaired) electrons. The second-order valence-corrected chi connectivity index (χ2v) is 6.76. The number of hydrogen-bond acceptors (Lipinski definition) is 4. The number of anilines is 1. The quantitative estimate of drug-likeness (QED) is 0.675. The monoisotopic (exact) mass is 313 g/mol. The Bertz CT molecular complexity index is 553. The number of amides is 1. The second-order valence-electron chi connectivity index (χ2n) is 5.00. The first-order chi connectivity index (χ1) is 9.85. The number of hydrogen-bond donors (Lipinski definition) is 3. The van der Waals surface area contributed by atoms with Gasteiger partial charge in [0.15, 0.2) is 0 Å². The van der Waals surface area contributed by atoms with E-state index in [1.165, 1.54) is 12.1 Å². The Morgan fingerprint density at radius 1 is 1.19 bits per heavy atom. The van der Waals surface area contributed by atoms with E-state index < -0.39 is 10.0 Å². The zero-order valence-electron chi connectivity index (χ0n) is 12.6. The predicted molar refractivity (Wildman–Crippen MR) is 83.7 cm³/mol. The topological polar surface area (TPSA) is 87.3 Å². The minimum atomic E-state index is -3.44. The van der Waals surface area contributed by atoms with E-state index >= 15 is 0 Å². The fourth-order valence-electron chi connectivity index (χ4n) is 1.63. The third kappa shape index (κ3) is 6.14. The van der Waals surface area contributed by atoms with Gasteiger partial charge in [0.1, 0.15) is 0 Å². The van der Waals surface area contributed by atoms with Gasteiger partial charge in [-0.05, 0) is 44.5 Å². The summed E-state index contributed by atoms with van der Waals surface area (Å²) in [4.78, 5) is 11.7. The zero-order valence-corrected chi connectivity index (χ0v) is 13.5. The highest BCUT2D eigenvalue weighted by atomic mass is 32.2. The number of rotatable bonds is 8. The molecule has 0 fully saturated rings. The highest BCUT2D eigenvalue weighted by molar-refractivity contribution is 7.89. The lowest BCUT2D eigenvalue weighted by Crippen LogP contribution is -2.34. The standard InChI is InChI=1S/C14H23N3O3S/c1-4-9-16-21(19,20)13-7-5-12(6-8-13)15-10-14(18)17-11(2)3/h5-8,11,15-16H,4,9-10H2,1-3H3,(H,17,18). The molecule has 1 aromatic carbocycles. The first kappa shape index (κ1) is 17.5. The van der Waals surface area contributed by atoms with E-state index in [1.807, 2.05) is 20.8 Å². The Morgan fingerprint density at radius 3 is 2.33 bits per heavy atom. The van der Waals surface area contributed by atoms with Crippen LogP contribution in [0.3, 0.4) is 0 Å². The molecule has 0 aliphatic rings. The Kier molecular flexibility index (Phi) is 6.64. The number of nitrogens with one attached hydrogen (secondary N) is 3. The highest BCUT2D eigenvalue weighted by Gasteiger charge is 2.12. The fourth-order valence-corrected chi connectivity index (χ4v) is 2.76. The van der Waals surface area contributed by atoms with Crippen LogP contribution in [-0.4, -0.2) is 33.5 Å². The zero-order chi connectivity index (χ0) is 15.9. The maximum atomic E-state index is 11.9. The van der Waals surface area contributed by atoms with Crippen LogP contribution >= 0.6 is 0 Å². The summed E-state index contributed by atoms with van der Waals surface area (Å²) in [5.41, 5.74) is 0.698. The molecule has 21 heavy (non-hydrogen) atoms. The Morgan fingerprint density at radius 2 is 1.81 bits per heavy atom. The van der Waals surface area contributed by atoms with Gasteiger partial charge in [0.05, 0.1) is 11.4 Å². The van der Waals surface area contributed by atoms with Crippen LogP contribution in [-0.2, 0) is 14.8 Å². The van der Waals surface area contributed by atoms with Crippen molar-refractivity contribution in [2.24, 2.45) is 0 Å². The Labute approximate surface area is 126 Å². The number of sulfonamides is 1. The van der Waals surface area contributed by atoms with E-state index in [1.54, 1.807) is 12.1 Å². The van der Waals surface area contributed by atoms with Crippen molar-refractivity contribution in [2.75, 3.05) is 18.4 Å². The molecule has 0 atom stereocenters. The first-order valence-electron chi connectivity index (χ1n) is 6.98. The molecular formula is C14H23N3O3S. The molecule has 0 saturated heterocycles. The van der Waals surface area contributed by atoms with Crippen molar-refractivity contribution >= 4 is 21.6 Å². The maximum absolute atomic E-state index is 11.9. The molecule has 1 aromatic rings. The normalized spacial score (nSPS) is 11.4. The van der Waals surface area contributed by atoms with Gasteiger partial charge >= 0.3 is 0 Å². The molecule has 6 nitrogen and oxygen atoms in total. The van der Waals surface area contributed by atoms with E-state index in [0.717, 1.165) is 6.42 Å². The van der Waals surface area contributed by atoms with Crippen molar-refractivity contribution in [3.63, 3.8) is 0 Å². The second kappa shape index (κ2) is 7.99. The molecule has 3 N–H and O–H groups in total. The number of benzene rings is 1. The molecule has 0 saturated carbocycles. The summed E-state index contributed by atoms with van der Waals surface area (Å²) < 4.78 is 26.3. The molecule has 1 amide bonds. The van der Waals surface area contributed by atoms with Crippen molar-refractivity contribution in [2.45, 2.75) is 38.1 Å². The van der Waals surface area contributed by atoms with Crippen molar-refractivity contribution in [1.82, 2.24) is 10.0 Å². The van der Waals surface area contributed by atoms with Gasteiger partial charge in [-0.25, -0.2) is 13.1 Å². The number of carbonyl (C=O) groups excluding carboxylic acids is 1. The molecule has 118 valence electrons. The largest absolute Gasteiger partial charge is 0.376 e. The molecular weight excluding hydrogens is 290 g/mol. The summed E-state index contributed by atoms with van der Waals surface area (Å²) in [6.07, 6.45) is 0.740. The van der Waals surface area contributed by atoms with Crippen LogP contribution in [0.15, 0.2) is 29.2 Å². The molecule has 0 aliphatic heterocycles. The molecule has 0 spiro atoms. The Balaban J connectivity index is 2.60.